The molecule has 0 bridgehead atoms. The molecule has 0 aliphatic heterocycles. The van der Waals surface area contributed by atoms with Crippen LogP contribution in [-0.2, 0) is 0 Å². The summed E-state index contributed by atoms with van der Waals surface area (Å²) < 4.78 is 8.42. The van der Waals surface area contributed by atoms with E-state index in [0.717, 1.165) is 20.7 Å². The SMILES string of the molecule is CSc1nc(-c2cc3ccccc3oc2=O)cn1-c1ccc(Br)cc1. The largest absolute Gasteiger partial charge is 0.422 e. The summed E-state index contributed by atoms with van der Waals surface area (Å²) in [7, 11) is 0. The first-order valence-corrected chi connectivity index (χ1v) is 9.60. The quantitative estimate of drug-likeness (QED) is 0.345. The smallest absolute Gasteiger partial charge is 0.345 e. The lowest BCUT2D eigenvalue weighted by atomic mass is 10.1. The molecule has 0 spiro atoms. The number of hydrogen-bond donors (Lipinski definition) is 0. The Morgan fingerprint density at radius 2 is 1.88 bits per heavy atom. The highest BCUT2D eigenvalue weighted by molar-refractivity contribution is 9.10. The van der Waals surface area contributed by atoms with Crippen LogP contribution in [0.5, 0.6) is 0 Å². The number of para-hydroxylation sites is 1. The van der Waals surface area contributed by atoms with E-state index < -0.39 is 0 Å². The maximum absolute atomic E-state index is 12.4. The lowest BCUT2D eigenvalue weighted by Gasteiger charge is -2.05. The van der Waals surface area contributed by atoms with Crippen molar-refractivity contribution in [1.82, 2.24) is 9.55 Å². The molecule has 25 heavy (non-hydrogen) atoms. The topological polar surface area (TPSA) is 48.0 Å². The van der Waals surface area contributed by atoms with Gasteiger partial charge in [-0.3, -0.25) is 4.57 Å². The third-order valence-electron chi connectivity index (χ3n) is 3.88. The zero-order valence-corrected chi connectivity index (χ0v) is 15.7. The van der Waals surface area contributed by atoms with Gasteiger partial charge in [0.15, 0.2) is 5.16 Å². The van der Waals surface area contributed by atoms with E-state index in [0.29, 0.717) is 16.8 Å². The minimum atomic E-state index is -0.383. The first-order chi connectivity index (χ1) is 12.2. The molecule has 4 nitrogen and oxygen atoms in total. The van der Waals surface area contributed by atoms with Gasteiger partial charge in [0, 0.05) is 21.7 Å². The Morgan fingerprint density at radius 3 is 2.64 bits per heavy atom. The molecule has 2 aromatic carbocycles. The number of hydrogen-bond acceptors (Lipinski definition) is 4. The van der Waals surface area contributed by atoms with E-state index in [1.165, 1.54) is 11.8 Å². The van der Waals surface area contributed by atoms with Gasteiger partial charge in [-0.25, -0.2) is 9.78 Å². The number of thioether (sulfide) groups is 1. The summed E-state index contributed by atoms with van der Waals surface area (Å²) in [5.74, 6) is 0. The summed E-state index contributed by atoms with van der Waals surface area (Å²) in [5.41, 5.74) is 2.24. The first kappa shape index (κ1) is 16.2. The predicted octanol–water partition coefficient (Wildman–Crippen LogP) is 5.13. The third-order valence-corrected chi connectivity index (χ3v) is 5.06. The van der Waals surface area contributed by atoms with Crippen LogP contribution in [0.3, 0.4) is 0 Å². The molecule has 0 saturated carbocycles. The van der Waals surface area contributed by atoms with Crippen molar-refractivity contribution < 1.29 is 4.42 Å². The molecule has 0 fully saturated rings. The van der Waals surface area contributed by atoms with Gasteiger partial charge in [-0.15, -0.1) is 0 Å². The fourth-order valence-electron chi connectivity index (χ4n) is 2.66. The molecule has 0 aliphatic carbocycles. The maximum atomic E-state index is 12.4. The van der Waals surface area contributed by atoms with Crippen molar-refractivity contribution in [1.29, 1.82) is 0 Å². The van der Waals surface area contributed by atoms with Crippen LogP contribution in [0, 0.1) is 0 Å². The molecular formula is C19H13BrN2O2S. The molecule has 0 unspecified atom stereocenters. The van der Waals surface area contributed by atoms with Gasteiger partial charge < -0.3 is 4.42 Å². The van der Waals surface area contributed by atoms with Gasteiger partial charge in [0.1, 0.15) is 5.58 Å². The average Bonchev–Trinajstić information content (AvgIpc) is 3.06. The molecule has 4 aromatic rings. The molecule has 2 heterocycles. The second kappa shape index (κ2) is 6.54. The average molecular weight is 413 g/mol. The Kier molecular flexibility index (Phi) is 4.23. The predicted molar refractivity (Wildman–Crippen MR) is 105 cm³/mol. The number of imidazole rings is 1. The van der Waals surface area contributed by atoms with Crippen molar-refractivity contribution >= 4 is 38.7 Å². The third kappa shape index (κ3) is 3.03. The van der Waals surface area contributed by atoms with Crippen molar-refractivity contribution in [3.8, 4) is 16.9 Å². The van der Waals surface area contributed by atoms with Crippen molar-refractivity contribution in [3.63, 3.8) is 0 Å². The fraction of sp³-hybridized carbons (Fsp3) is 0.0526. The Morgan fingerprint density at radius 1 is 1.12 bits per heavy atom. The molecule has 4 rings (SSSR count). The summed E-state index contributed by atoms with van der Waals surface area (Å²) in [6.07, 6.45) is 3.83. The van der Waals surface area contributed by atoms with Crippen LogP contribution in [0.15, 0.2) is 79.6 Å². The lowest BCUT2D eigenvalue weighted by molar-refractivity contribution is 0.563. The zero-order valence-electron chi connectivity index (χ0n) is 13.3. The molecule has 6 heteroatoms. The molecule has 0 saturated heterocycles. The standard InChI is InChI=1S/C19H13BrN2O2S/c1-25-19-21-16(11-22(19)14-8-6-13(20)7-9-14)15-10-12-4-2-3-5-17(12)24-18(15)23/h2-11H,1H3. The number of benzene rings is 2. The van der Waals surface area contributed by atoms with E-state index in [1.54, 1.807) is 6.07 Å². The van der Waals surface area contributed by atoms with Crippen molar-refractivity contribution in [3.05, 3.63) is 75.7 Å². The van der Waals surface area contributed by atoms with Crippen molar-refractivity contribution in [2.45, 2.75) is 5.16 Å². The number of halogens is 1. The van der Waals surface area contributed by atoms with Crippen LogP contribution in [-0.4, -0.2) is 15.8 Å². The van der Waals surface area contributed by atoms with Crippen LogP contribution >= 0.6 is 27.7 Å². The van der Waals surface area contributed by atoms with E-state index in [2.05, 4.69) is 20.9 Å². The molecule has 0 atom stereocenters. The van der Waals surface area contributed by atoms with Gasteiger partial charge in [0.2, 0.25) is 0 Å². The Bertz CT molecular complexity index is 1120. The van der Waals surface area contributed by atoms with Crippen LogP contribution < -0.4 is 5.63 Å². The monoisotopic (exact) mass is 412 g/mol. The molecule has 124 valence electrons. The Hall–Kier alpha value is -2.31. The van der Waals surface area contributed by atoms with E-state index in [9.17, 15) is 4.79 Å². The summed E-state index contributed by atoms with van der Waals surface area (Å²) in [4.78, 5) is 17.0. The Balaban J connectivity index is 1.88. The zero-order chi connectivity index (χ0) is 17.4. The number of fused-ring (bicyclic) bond motifs is 1. The minimum absolute atomic E-state index is 0.383. The van der Waals surface area contributed by atoms with Crippen LogP contribution in [0.2, 0.25) is 0 Å². The summed E-state index contributed by atoms with van der Waals surface area (Å²) in [5, 5.41) is 1.69. The van der Waals surface area contributed by atoms with Crippen molar-refractivity contribution in [2.75, 3.05) is 6.26 Å². The van der Waals surface area contributed by atoms with Gasteiger partial charge in [-0.05, 0) is 42.7 Å². The molecule has 0 aliphatic rings. The molecule has 0 N–H and O–H groups in total. The van der Waals surface area contributed by atoms with E-state index in [-0.39, 0.29) is 5.63 Å². The number of aromatic nitrogens is 2. The van der Waals surface area contributed by atoms with Gasteiger partial charge in [-0.2, -0.15) is 0 Å². The summed E-state index contributed by atoms with van der Waals surface area (Å²) in [6, 6.07) is 17.2. The fourth-order valence-corrected chi connectivity index (χ4v) is 3.47. The Labute approximate surface area is 156 Å². The van der Waals surface area contributed by atoms with Crippen LogP contribution in [0.25, 0.3) is 27.9 Å². The highest BCUT2D eigenvalue weighted by Crippen LogP contribution is 2.27. The number of rotatable bonds is 3. The van der Waals surface area contributed by atoms with Crippen LogP contribution in [0.4, 0.5) is 0 Å². The molecular weight excluding hydrogens is 400 g/mol. The lowest BCUT2D eigenvalue weighted by Crippen LogP contribution is -2.02. The second-order valence-electron chi connectivity index (χ2n) is 5.44. The molecule has 0 amide bonds. The van der Waals surface area contributed by atoms with E-state index in [1.807, 2.05) is 65.6 Å². The van der Waals surface area contributed by atoms with E-state index in [4.69, 9.17) is 4.42 Å². The van der Waals surface area contributed by atoms with Gasteiger partial charge >= 0.3 is 5.63 Å². The van der Waals surface area contributed by atoms with Crippen molar-refractivity contribution in [2.24, 2.45) is 0 Å². The highest BCUT2D eigenvalue weighted by atomic mass is 79.9. The van der Waals surface area contributed by atoms with Gasteiger partial charge in [0.05, 0.1) is 11.3 Å². The maximum Gasteiger partial charge on any atom is 0.345 e. The van der Waals surface area contributed by atoms with Gasteiger partial charge in [-0.1, -0.05) is 45.9 Å². The second-order valence-corrected chi connectivity index (χ2v) is 7.13. The molecule has 0 radical (unpaired) electrons. The van der Waals surface area contributed by atoms with E-state index >= 15 is 0 Å². The number of nitrogens with zero attached hydrogens (tertiary/aromatic N) is 2. The molecule has 2 aromatic heterocycles. The summed E-state index contributed by atoms with van der Waals surface area (Å²) >= 11 is 4.97. The normalized spacial score (nSPS) is 11.1. The summed E-state index contributed by atoms with van der Waals surface area (Å²) in [6.45, 7) is 0. The van der Waals surface area contributed by atoms with Crippen LogP contribution in [0.1, 0.15) is 0 Å². The highest BCUT2D eigenvalue weighted by Gasteiger charge is 2.15. The minimum Gasteiger partial charge on any atom is -0.422 e. The first-order valence-electron chi connectivity index (χ1n) is 7.58. The van der Waals surface area contributed by atoms with Gasteiger partial charge in [0.25, 0.3) is 0 Å².